The number of aromatic nitrogens is 5. The second kappa shape index (κ2) is 9.99. The lowest BCUT2D eigenvalue weighted by molar-refractivity contribution is 0.102. The molecule has 0 unspecified atom stereocenters. The maximum atomic E-state index is 13.0. The largest absolute Gasteiger partial charge is 0.322 e. The molecule has 0 aliphatic carbocycles. The second-order valence-corrected chi connectivity index (χ2v) is 9.60. The smallest absolute Gasteiger partial charge is 0.255 e. The molecule has 186 valence electrons. The van der Waals surface area contributed by atoms with Crippen LogP contribution in [0.3, 0.4) is 0 Å². The zero-order valence-electron chi connectivity index (χ0n) is 20.8. The minimum absolute atomic E-state index is 0.128. The second-order valence-electron chi connectivity index (χ2n) is 9.60. The predicted octanol–water partition coefficient (Wildman–Crippen LogP) is 5.13. The molecule has 1 saturated heterocycles. The summed E-state index contributed by atoms with van der Waals surface area (Å²) in [6.45, 7) is 5.29. The Hall–Kier alpha value is -4.30. The van der Waals surface area contributed by atoms with Gasteiger partial charge in [-0.05, 0) is 80.4 Å². The molecule has 5 aromatic rings. The predicted molar refractivity (Wildman–Crippen MR) is 144 cm³/mol. The number of aryl methyl sites for hydroxylation is 1. The Morgan fingerprint density at radius 2 is 1.81 bits per heavy atom. The first kappa shape index (κ1) is 23.1. The van der Waals surface area contributed by atoms with Crippen molar-refractivity contribution in [2.75, 3.05) is 18.4 Å². The molecule has 0 atom stereocenters. The Kier molecular flexibility index (Phi) is 6.24. The minimum atomic E-state index is -0.128. The number of piperidine rings is 1. The summed E-state index contributed by atoms with van der Waals surface area (Å²) in [7, 11) is 0. The molecule has 1 aliphatic rings. The average Bonchev–Trinajstić information content (AvgIpc) is 3.58. The van der Waals surface area contributed by atoms with Crippen molar-refractivity contribution in [2.24, 2.45) is 0 Å². The van der Waals surface area contributed by atoms with E-state index >= 15 is 0 Å². The van der Waals surface area contributed by atoms with Crippen LogP contribution >= 0.6 is 0 Å². The van der Waals surface area contributed by atoms with Crippen LogP contribution in [0.25, 0.3) is 22.6 Å². The molecule has 8 nitrogen and oxygen atoms in total. The number of carbonyl (C=O) groups is 1. The van der Waals surface area contributed by atoms with Crippen molar-refractivity contribution in [3.8, 4) is 16.9 Å². The Morgan fingerprint density at radius 3 is 2.65 bits per heavy atom. The molecule has 1 amide bonds. The van der Waals surface area contributed by atoms with Crippen LogP contribution in [-0.4, -0.2) is 48.3 Å². The SMILES string of the molecule is Cc1ccc(NC(=O)c2ccc(CN3CCCCC3)cc2)cc1-n1cc(-c2cnc3cccnn23)cn1. The highest BCUT2D eigenvalue weighted by Crippen LogP contribution is 2.24. The molecule has 4 heterocycles. The van der Waals surface area contributed by atoms with E-state index in [1.54, 1.807) is 23.1 Å². The summed E-state index contributed by atoms with van der Waals surface area (Å²) in [5, 5.41) is 12.0. The molecule has 0 spiro atoms. The molecule has 1 fully saturated rings. The fraction of sp³-hybridized carbons (Fsp3) is 0.241. The van der Waals surface area contributed by atoms with Gasteiger partial charge in [-0.25, -0.2) is 14.2 Å². The summed E-state index contributed by atoms with van der Waals surface area (Å²) in [5.41, 5.74) is 7.10. The third-order valence-electron chi connectivity index (χ3n) is 6.94. The van der Waals surface area contributed by atoms with Crippen LogP contribution in [0.5, 0.6) is 0 Å². The van der Waals surface area contributed by atoms with Gasteiger partial charge in [-0.1, -0.05) is 24.6 Å². The van der Waals surface area contributed by atoms with Gasteiger partial charge in [-0.2, -0.15) is 10.2 Å². The summed E-state index contributed by atoms with van der Waals surface area (Å²) in [6, 6.07) is 17.6. The third kappa shape index (κ3) is 4.88. The van der Waals surface area contributed by atoms with Gasteiger partial charge in [-0.3, -0.25) is 9.69 Å². The highest BCUT2D eigenvalue weighted by Gasteiger charge is 2.14. The summed E-state index contributed by atoms with van der Waals surface area (Å²) >= 11 is 0. The van der Waals surface area contributed by atoms with Gasteiger partial charge in [0.25, 0.3) is 5.91 Å². The molecule has 0 bridgehead atoms. The Bertz CT molecular complexity index is 1540. The van der Waals surface area contributed by atoms with E-state index in [0.29, 0.717) is 5.56 Å². The number of likely N-dealkylation sites (tertiary alicyclic amines) is 1. The summed E-state index contributed by atoms with van der Waals surface area (Å²) in [5.74, 6) is -0.128. The Labute approximate surface area is 215 Å². The van der Waals surface area contributed by atoms with Gasteiger partial charge in [0.2, 0.25) is 0 Å². The lowest BCUT2D eigenvalue weighted by Gasteiger charge is -2.26. The van der Waals surface area contributed by atoms with E-state index in [0.717, 1.165) is 53.5 Å². The maximum Gasteiger partial charge on any atom is 0.255 e. The van der Waals surface area contributed by atoms with E-state index in [4.69, 9.17) is 0 Å². The van der Waals surface area contributed by atoms with Crippen molar-refractivity contribution in [3.05, 3.63) is 96.1 Å². The van der Waals surface area contributed by atoms with Gasteiger partial charge in [0.15, 0.2) is 5.65 Å². The van der Waals surface area contributed by atoms with Crippen molar-refractivity contribution in [2.45, 2.75) is 32.7 Å². The molecule has 0 radical (unpaired) electrons. The van der Waals surface area contributed by atoms with Gasteiger partial charge >= 0.3 is 0 Å². The number of hydrogen-bond donors (Lipinski definition) is 1. The van der Waals surface area contributed by atoms with Crippen LogP contribution in [0, 0.1) is 6.92 Å². The third-order valence-corrected chi connectivity index (χ3v) is 6.94. The van der Waals surface area contributed by atoms with Crippen LogP contribution in [-0.2, 0) is 6.54 Å². The topological polar surface area (TPSA) is 80.4 Å². The fourth-order valence-corrected chi connectivity index (χ4v) is 4.89. The molecular formula is C29H29N7O. The lowest BCUT2D eigenvalue weighted by Crippen LogP contribution is -2.29. The molecular weight excluding hydrogens is 462 g/mol. The molecule has 0 saturated carbocycles. The van der Waals surface area contributed by atoms with Crippen LogP contribution in [0.1, 0.15) is 40.7 Å². The maximum absolute atomic E-state index is 13.0. The Balaban J connectivity index is 1.18. The monoisotopic (exact) mass is 491 g/mol. The fourth-order valence-electron chi connectivity index (χ4n) is 4.89. The van der Waals surface area contributed by atoms with E-state index in [9.17, 15) is 4.79 Å². The van der Waals surface area contributed by atoms with E-state index < -0.39 is 0 Å². The number of nitrogens with zero attached hydrogens (tertiary/aromatic N) is 6. The van der Waals surface area contributed by atoms with Crippen LogP contribution < -0.4 is 5.32 Å². The molecule has 1 N–H and O–H groups in total. The normalized spacial score (nSPS) is 14.2. The zero-order valence-corrected chi connectivity index (χ0v) is 20.8. The molecule has 3 aromatic heterocycles. The number of anilines is 1. The van der Waals surface area contributed by atoms with E-state index in [2.05, 4.69) is 37.5 Å². The minimum Gasteiger partial charge on any atom is -0.322 e. The quantitative estimate of drug-likeness (QED) is 0.356. The summed E-state index contributed by atoms with van der Waals surface area (Å²) < 4.78 is 3.61. The van der Waals surface area contributed by atoms with Gasteiger partial charge < -0.3 is 5.32 Å². The van der Waals surface area contributed by atoms with Gasteiger partial charge in [0, 0.05) is 35.8 Å². The number of benzene rings is 2. The first-order valence-corrected chi connectivity index (χ1v) is 12.7. The Morgan fingerprint density at radius 1 is 0.973 bits per heavy atom. The van der Waals surface area contributed by atoms with Gasteiger partial charge in [0.05, 0.1) is 23.8 Å². The standard InChI is InChI=1S/C29H29N7O/c1-21-7-12-25(33-29(37)23-10-8-22(9-11-23)19-34-14-3-2-4-15-34)16-26(21)35-20-24(17-32-35)27-18-30-28-6-5-13-31-36(27)28/h5-13,16-18,20H,2-4,14-15,19H2,1H3,(H,33,37). The molecule has 6 rings (SSSR count). The molecule has 8 heteroatoms. The number of rotatable bonds is 6. The first-order chi connectivity index (χ1) is 18.1. The van der Waals surface area contributed by atoms with Crippen molar-refractivity contribution in [3.63, 3.8) is 0 Å². The number of amides is 1. The number of fused-ring (bicyclic) bond motifs is 1. The number of imidazole rings is 1. The van der Waals surface area contributed by atoms with Gasteiger partial charge in [0.1, 0.15) is 0 Å². The highest BCUT2D eigenvalue weighted by molar-refractivity contribution is 6.04. The van der Waals surface area contributed by atoms with Crippen LogP contribution in [0.2, 0.25) is 0 Å². The van der Waals surface area contributed by atoms with Crippen LogP contribution in [0.15, 0.2) is 79.4 Å². The highest BCUT2D eigenvalue weighted by atomic mass is 16.1. The summed E-state index contributed by atoms with van der Waals surface area (Å²) in [6.07, 6.45) is 11.2. The first-order valence-electron chi connectivity index (χ1n) is 12.7. The molecule has 2 aromatic carbocycles. The van der Waals surface area contributed by atoms with Crippen molar-refractivity contribution in [1.82, 2.24) is 29.3 Å². The number of nitrogens with one attached hydrogen (secondary N) is 1. The van der Waals surface area contributed by atoms with E-state index in [-0.39, 0.29) is 5.91 Å². The van der Waals surface area contributed by atoms with Crippen molar-refractivity contribution in [1.29, 1.82) is 0 Å². The molecule has 37 heavy (non-hydrogen) atoms. The van der Waals surface area contributed by atoms with Crippen LogP contribution in [0.4, 0.5) is 5.69 Å². The summed E-state index contributed by atoms with van der Waals surface area (Å²) in [4.78, 5) is 19.9. The van der Waals surface area contributed by atoms with E-state index in [1.165, 1.54) is 24.8 Å². The number of hydrogen-bond acceptors (Lipinski definition) is 5. The average molecular weight is 492 g/mol. The van der Waals surface area contributed by atoms with Crippen molar-refractivity contribution >= 4 is 17.2 Å². The lowest BCUT2D eigenvalue weighted by atomic mass is 10.1. The number of carbonyl (C=O) groups excluding carboxylic acids is 1. The van der Waals surface area contributed by atoms with Crippen molar-refractivity contribution < 1.29 is 4.79 Å². The van der Waals surface area contributed by atoms with E-state index in [1.807, 2.05) is 60.3 Å². The molecule has 1 aliphatic heterocycles. The zero-order chi connectivity index (χ0) is 25.2. The van der Waals surface area contributed by atoms with Gasteiger partial charge in [-0.15, -0.1) is 0 Å².